The number of ether oxygens (including phenoxy) is 1. The second-order valence-electron chi connectivity index (χ2n) is 3.52. The summed E-state index contributed by atoms with van der Waals surface area (Å²) in [6.07, 6.45) is -1.49. The number of rotatable bonds is 6. The van der Waals surface area contributed by atoms with Crippen LogP contribution in [0.5, 0.6) is 0 Å². The zero-order valence-electron chi connectivity index (χ0n) is 9.55. The topological polar surface area (TPSA) is 34.1 Å². The Labute approximate surface area is 98.0 Å². The van der Waals surface area contributed by atoms with Crippen LogP contribution in [-0.2, 0) is 10.9 Å². The molecule has 1 N–H and O–H groups in total. The van der Waals surface area contributed by atoms with Crippen LogP contribution in [0, 0.1) is 0 Å². The van der Waals surface area contributed by atoms with Gasteiger partial charge in [0.1, 0.15) is 5.82 Å². The third-order valence-electron chi connectivity index (χ3n) is 2.18. The number of aromatic nitrogens is 1. The first-order valence-electron chi connectivity index (χ1n) is 5.30. The average Bonchev–Trinajstić information content (AvgIpc) is 2.28. The van der Waals surface area contributed by atoms with E-state index < -0.39 is 11.7 Å². The van der Waals surface area contributed by atoms with Crippen molar-refractivity contribution < 1.29 is 17.9 Å². The second kappa shape index (κ2) is 6.44. The van der Waals surface area contributed by atoms with Gasteiger partial charge in [0.05, 0.1) is 5.56 Å². The molecule has 0 aliphatic rings. The lowest BCUT2D eigenvalue weighted by atomic mass is 10.2. The minimum atomic E-state index is -4.37. The number of pyridine rings is 1. The van der Waals surface area contributed by atoms with Crippen LogP contribution in [0.4, 0.5) is 19.0 Å². The fourth-order valence-corrected chi connectivity index (χ4v) is 1.35. The fraction of sp³-hybridized carbons (Fsp3) is 0.545. The van der Waals surface area contributed by atoms with E-state index in [-0.39, 0.29) is 5.82 Å². The third kappa shape index (κ3) is 4.60. The monoisotopic (exact) mass is 248 g/mol. The standard InChI is InChI=1S/C11H15F3N2O/c1-17-8-3-2-6-15-10-9(11(12,13)14)5-4-7-16-10/h4-5,7H,2-3,6,8H2,1H3,(H,15,16). The summed E-state index contributed by atoms with van der Waals surface area (Å²) in [5.74, 6) is -0.114. The van der Waals surface area contributed by atoms with Crippen LogP contribution in [0.15, 0.2) is 18.3 Å². The molecule has 17 heavy (non-hydrogen) atoms. The van der Waals surface area contributed by atoms with Crippen LogP contribution in [0.2, 0.25) is 0 Å². The van der Waals surface area contributed by atoms with E-state index in [1.165, 1.54) is 12.3 Å². The van der Waals surface area contributed by atoms with Crippen molar-refractivity contribution in [1.82, 2.24) is 4.98 Å². The molecule has 0 aromatic carbocycles. The molecule has 3 nitrogen and oxygen atoms in total. The summed E-state index contributed by atoms with van der Waals surface area (Å²) in [5, 5.41) is 2.69. The molecule has 0 atom stereocenters. The molecule has 0 bridgehead atoms. The van der Waals surface area contributed by atoms with Crippen LogP contribution >= 0.6 is 0 Å². The molecule has 1 aromatic rings. The van der Waals surface area contributed by atoms with Crippen molar-refractivity contribution in [3.8, 4) is 0 Å². The van der Waals surface area contributed by atoms with Gasteiger partial charge in [0, 0.05) is 26.5 Å². The number of halogens is 3. The number of unbranched alkanes of at least 4 members (excludes halogenated alkanes) is 1. The van der Waals surface area contributed by atoms with Gasteiger partial charge in [-0.15, -0.1) is 0 Å². The number of nitrogens with zero attached hydrogens (tertiary/aromatic N) is 1. The molecule has 0 amide bonds. The number of hydrogen-bond donors (Lipinski definition) is 1. The van der Waals surface area contributed by atoms with E-state index >= 15 is 0 Å². The van der Waals surface area contributed by atoms with Gasteiger partial charge >= 0.3 is 6.18 Å². The van der Waals surface area contributed by atoms with Crippen molar-refractivity contribution in [3.63, 3.8) is 0 Å². The van der Waals surface area contributed by atoms with Gasteiger partial charge in [0.2, 0.25) is 0 Å². The predicted octanol–water partition coefficient (Wildman–Crippen LogP) is 2.94. The van der Waals surface area contributed by atoms with Gasteiger partial charge in [0.25, 0.3) is 0 Å². The molecule has 1 rings (SSSR count). The first kappa shape index (κ1) is 13.8. The largest absolute Gasteiger partial charge is 0.419 e. The van der Waals surface area contributed by atoms with Gasteiger partial charge < -0.3 is 10.1 Å². The molecule has 0 radical (unpaired) electrons. The molecule has 0 saturated heterocycles. The number of nitrogens with one attached hydrogen (secondary N) is 1. The lowest BCUT2D eigenvalue weighted by Crippen LogP contribution is -2.13. The van der Waals surface area contributed by atoms with Crippen LogP contribution in [-0.4, -0.2) is 25.2 Å². The molecule has 1 aromatic heterocycles. The van der Waals surface area contributed by atoms with E-state index in [2.05, 4.69) is 10.3 Å². The normalized spacial score (nSPS) is 11.5. The fourth-order valence-electron chi connectivity index (χ4n) is 1.35. The van der Waals surface area contributed by atoms with E-state index in [0.717, 1.165) is 18.9 Å². The zero-order valence-corrected chi connectivity index (χ0v) is 9.55. The lowest BCUT2D eigenvalue weighted by molar-refractivity contribution is -0.137. The van der Waals surface area contributed by atoms with Crippen molar-refractivity contribution in [2.75, 3.05) is 25.6 Å². The number of alkyl halides is 3. The Balaban J connectivity index is 2.53. The second-order valence-corrected chi connectivity index (χ2v) is 3.52. The van der Waals surface area contributed by atoms with Crippen LogP contribution in [0.3, 0.4) is 0 Å². The van der Waals surface area contributed by atoms with Gasteiger partial charge in [0.15, 0.2) is 0 Å². The summed E-state index contributed by atoms with van der Waals surface area (Å²) in [6, 6.07) is 2.30. The average molecular weight is 248 g/mol. The van der Waals surface area contributed by atoms with E-state index in [0.29, 0.717) is 13.2 Å². The summed E-state index contributed by atoms with van der Waals surface area (Å²) in [6.45, 7) is 1.06. The Morgan fingerprint density at radius 3 is 2.76 bits per heavy atom. The van der Waals surface area contributed by atoms with E-state index in [9.17, 15) is 13.2 Å². The van der Waals surface area contributed by atoms with Gasteiger partial charge in [-0.1, -0.05) is 0 Å². The van der Waals surface area contributed by atoms with Gasteiger partial charge in [-0.3, -0.25) is 0 Å². The van der Waals surface area contributed by atoms with E-state index in [1.54, 1.807) is 7.11 Å². The maximum absolute atomic E-state index is 12.6. The van der Waals surface area contributed by atoms with Crippen molar-refractivity contribution in [1.29, 1.82) is 0 Å². The predicted molar refractivity (Wildman–Crippen MR) is 58.8 cm³/mol. The van der Waals surface area contributed by atoms with Gasteiger partial charge in [-0.2, -0.15) is 13.2 Å². The Hall–Kier alpha value is -1.30. The zero-order chi connectivity index (χ0) is 12.7. The minimum absolute atomic E-state index is 0.114. The van der Waals surface area contributed by atoms with Crippen molar-refractivity contribution in [2.45, 2.75) is 19.0 Å². The minimum Gasteiger partial charge on any atom is -0.385 e. The Kier molecular flexibility index (Phi) is 5.21. The van der Waals surface area contributed by atoms with Gasteiger partial charge in [-0.05, 0) is 25.0 Å². The van der Waals surface area contributed by atoms with Crippen molar-refractivity contribution in [3.05, 3.63) is 23.9 Å². The molecule has 0 spiro atoms. The molecular weight excluding hydrogens is 233 g/mol. The quantitative estimate of drug-likeness (QED) is 0.786. The van der Waals surface area contributed by atoms with Crippen molar-refractivity contribution >= 4 is 5.82 Å². The molecule has 0 unspecified atom stereocenters. The van der Waals surface area contributed by atoms with Crippen LogP contribution in [0.25, 0.3) is 0 Å². The highest BCUT2D eigenvalue weighted by Crippen LogP contribution is 2.33. The molecule has 0 aliphatic heterocycles. The highest BCUT2D eigenvalue weighted by Gasteiger charge is 2.33. The number of methoxy groups -OCH3 is 1. The summed E-state index contributed by atoms with van der Waals surface area (Å²) in [7, 11) is 1.59. The summed E-state index contributed by atoms with van der Waals surface area (Å²) in [5.41, 5.74) is -0.730. The van der Waals surface area contributed by atoms with Gasteiger partial charge in [-0.25, -0.2) is 4.98 Å². The first-order valence-corrected chi connectivity index (χ1v) is 5.30. The molecule has 96 valence electrons. The molecule has 1 heterocycles. The third-order valence-corrected chi connectivity index (χ3v) is 2.18. The SMILES string of the molecule is COCCCCNc1ncccc1C(F)(F)F. The van der Waals surface area contributed by atoms with Crippen LogP contribution < -0.4 is 5.32 Å². The van der Waals surface area contributed by atoms with E-state index in [1.807, 2.05) is 0 Å². The summed E-state index contributed by atoms with van der Waals surface area (Å²) in [4.78, 5) is 3.70. The number of anilines is 1. The van der Waals surface area contributed by atoms with E-state index in [4.69, 9.17) is 4.74 Å². The molecule has 0 aliphatic carbocycles. The first-order chi connectivity index (χ1) is 8.05. The lowest BCUT2D eigenvalue weighted by Gasteiger charge is -2.12. The molecule has 0 saturated carbocycles. The Morgan fingerprint density at radius 1 is 1.35 bits per heavy atom. The smallest absolute Gasteiger partial charge is 0.385 e. The summed E-state index contributed by atoms with van der Waals surface area (Å²) < 4.78 is 42.6. The van der Waals surface area contributed by atoms with Crippen LogP contribution in [0.1, 0.15) is 18.4 Å². The Bertz CT molecular complexity index is 342. The molecule has 0 fully saturated rings. The maximum Gasteiger partial charge on any atom is 0.419 e. The van der Waals surface area contributed by atoms with Crippen molar-refractivity contribution in [2.24, 2.45) is 0 Å². The maximum atomic E-state index is 12.6. The number of hydrogen-bond acceptors (Lipinski definition) is 3. The Morgan fingerprint density at radius 2 is 2.12 bits per heavy atom. The molecular formula is C11H15F3N2O. The molecule has 6 heteroatoms. The summed E-state index contributed by atoms with van der Waals surface area (Å²) >= 11 is 0. The highest BCUT2D eigenvalue weighted by atomic mass is 19.4. The highest BCUT2D eigenvalue weighted by molar-refractivity contribution is 5.45.